The predicted molar refractivity (Wildman–Crippen MR) is 88.7 cm³/mol. The Bertz CT molecular complexity index is 443. The standard InChI is InChI=1S/C16H26F3N3OS/c17-16(18,19)14-11-3-1-2-4-12(11)21-13(22-14)5-7-20-15(23)10-6-8-24-9-10/h10-14,21-22H,1-9H2,(H,20,23). The van der Waals surface area contributed by atoms with Crippen LogP contribution in [0.4, 0.5) is 13.2 Å². The van der Waals surface area contributed by atoms with Crippen LogP contribution in [0.15, 0.2) is 0 Å². The van der Waals surface area contributed by atoms with Gasteiger partial charge in [0.05, 0.1) is 6.17 Å². The first-order valence-electron chi connectivity index (χ1n) is 8.89. The van der Waals surface area contributed by atoms with Crippen LogP contribution >= 0.6 is 11.8 Å². The van der Waals surface area contributed by atoms with Crippen LogP contribution in [0.1, 0.15) is 38.5 Å². The van der Waals surface area contributed by atoms with E-state index in [2.05, 4.69) is 16.0 Å². The number of fused-ring (bicyclic) bond motifs is 1. The van der Waals surface area contributed by atoms with Crippen molar-refractivity contribution < 1.29 is 18.0 Å². The van der Waals surface area contributed by atoms with E-state index in [4.69, 9.17) is 0 Å². The number of amides is 1. The van der Waals surface area contributed by atoms with Gasteiger partial charge in [0.25, 0.3) is 0 Å². The number of thioether (sulfide) groups is 1. The molecule has 1 aliphatic carbocycles. The van der Waals surface area contributed by atoms with Crippen LogP contribution in [-0.2, 0) is 4.79 Å². The summed E-state index contributed by atoms with van der Waals surface area (Å²) < 4.78 is 40.1. The number of carbonyl (C=O) groups excluding carboxylic acids is 1. The number of halogens is 3. The minimum absolute atomic E-state index is 0.0405. The highest BCUT2D eigenvalue weighted by Gasteiger charge is 2.51. The van der Waals surface area contributed by atoms with Crippen molar-refractivity contribution in [1.82, 2.24) is 16.0 Å². The SMILES string of the molecule is O=C(NCCC1NC2CCCCC2C(C(F)(F)F)N1)C1CCSC1. The summed E-state index contributed by atoms with van der Waals surface area (Å²) in [6.07, 6.45) is 0.0504. The van der Waals surface area contributed by atoms with E-state index in [1.165, 1.54) is 0 Å². The van der Waals surface area contributed by atoms with Crippen molar-refractivity contribution in [2.75, 3.05) is 18.1 Å². The highest BCUT2D eigenvalue weighted by Crippen LogP contribution is 2.37. The Hall–Kier alpha value is -0.470. The summed E-state index contributed by atoms with van der Waals surface area (Å²) >= 11 is 1.78. The van der Waals surface area contributed by atoms with Gasteiger partial charge in [-0.15, -0.1) is 0 Å². The first kappa shape index (κ1) is 18.3. The predicted octanol–water partition coefficient (Wildman–Crippen LogP) is 2.25. The summed E-state index contributed by atoms with van der Waals surface area (Å²) in [5.74, 6) is 1.60. The molecule has 0 aromatic carbocycles. The van der Waals surface area contributed by atoms with Crippen molar-refractivity contribution in [3.05, 3.63) is 0 Å². The molecule has 2 aliphatic heterocycles. The summed E-state index contributed by atoms with van der Waals surface area (Å²) in [6, 6.07) is -1.51. The third-order valence-electron chi connectivity index (χ3n) is 5.43. The molecule has 3 aliphatic rings. The molecule has 0 radical (unpaired) electrons. The Morgan fingerprint density at radius 2 is 1.96 bits per heavy atom. The molecular weight excluding hydrogens is 339 g/mol. The van der Waals surface area contributed by atoms with E-state index in [1.54, 1.807) is 11.8 Å². The lowest BCUT2D eigenvalue weighted by Gasteiger charge is -2.46. The summed E-state index contributed by atoms with van der Waals surface area (Å²) in [5.41, 5.74) is 0. The fraction of sp³-hybridized carbons (Fsp3) is 0.938. The van der Waals surface area contributed by atoms with Crippen LogP contribution in [-0.4, -0.2) is 48.4 Å². The minimum Gasteiger partial charge on any atom is -0.356 e. The van der Waals surface area contributed by atoms with Gasteiger partial charge in [0.1, 0.15) is 6.04 Å². The van der Waals surface area contributed by atoms with Gasteiger partial charge in [0.15, 0.2) is 0 Å². The average molecular weight is 365 g/mol. The molecule has 5 unspecified atom stereocenters. The van der Waals surface area contributed by atoms with E-state index in [0.717, 1.165) is 37.2 Å². The molecule has 2 heterocycles. The van der Waals surface area contributed by atoms with Crippen LogP contribution in [0.2, 0.25) is 0 Å². The van der Waals surface area contributed by atoms with E-state index in [9.17, 15) is 18.0 Å². The first-order valence-corrected chi connectivity index (χ1v) is 10.0. The van der Waals surface area contributed by atoms with E-state index < -0.39 is 18.4 Å². The van der Waals surface area contributed by atoms with Crippen molar-refractivity contribution >= 4 is 17.7 Å². The molecule has 4 nitrogen and oxygen atoms in total. The van der Waals surface area contributed by atoms with Gasteiger partial charge in [-0.2, -0.15) is 24.9 Å². The number of alkyl halides is 3. The number of nitrogens with one attached hydrogen (secondary N) is 3. The number of rotatable bonds is 4. The van der Waals surface area contributed by atoms with Gasteiger partial charge in [-0.05, 0) is 37.4 Å². The molecule has 0 bridgehead atoms. The van der Waals surface area contributed by atoms with Crippen LogP contribution in [0.5, 0.6) is 0 Å². The zero-order valence-electron chi connectivity index (χ0n) is 13.7. The molecule has 24 heavy (non-hydrogen) atoms. The molecule has 2 saturated heterocycles. The second-order valence-corrected chi connectivity index (χ2v) is 8.25. The van der Waals surface area contributed by atoms with Gasteiger partial charge in [0.2, 0.25) is 5.91 Å². The van der Waals surface area contributed by atoms with Crippen LogP contribution in [0, 0.1) is 11.8 Å². The molecule has 0 aromatic heterocycles. The normalized spacial score (nSPS) is 37.0. The van der Waals surface area contributed by atoms with Crippen molar-refractivity contribution in [2.24, 2.45) is 11.8 Å². The van der Waals surface area contributed by atoms with Crippen molar-refractivity contribution in [2.45, 2.75) is 63.0 Å². The number of hydrogen-bond acceptors (Lipinski definition) is 4. The molecule has 8 heteroatoms. The lowest BCUT2D eigenvalue weighted by molar-refractivity contribution is -0.183. The molecular formula is C16H26F3N3OS. The van der Waals surface area contributed by atoms with E-state index in [0.29, 0.717) is 19.4 Å². The maximum Gasteiger partial charge on any atom is 0.404 e. The summed E-state index contributed by atoms with van der Waals surface area (Å²) in [6.45, 7) is 0.409. The Labute approximate surface area is 145 Å². The molecule has 0 spiro atoms. The lowest BCUT2D eigenvalue weighted by Crippen LogP contribution is -2.68. The molecule has 0 aromatic rings. The smallest absolute Gasteiger partial charge is 0.356 e. The van der Waals surface area contributed by atoms with Crippen molar-refractivity contribution in [3.8, 4) is 0 Å². The Balaban J connectivity index is 1.51. The van der Waals surface area contributed by atoms with E-state index >= 15 is 0 Å². The average Bonchev–Trinajstić information content (AvgIpc) is 3.07. The minimum atomic E-state index is -4.22. The van der Waals surface area contributed by atoms with E-state index in [1.807, 2.05) is 0 Å². The summed E-state index contributed by atoms with van der Waals surface area (Å²) in [4.78, 5) is 12.0. The topological polar surface area (TPSA) is 53.2 Å². The fourth-order valence-electron chi connectivity index (χ4n) is 4.14. The van der Waals surface area contributed by atoms with Crippen LogP contribution < -0.4 is 16.0 Å². The molecule has 1 amide bonds. The van der Waals surface area contributed by atoms with E-state index in [-0.39, 0.29) is 23.8 Å². The third kappa shape index (κ3) is 4.38. The molecule has 3 rings (SSSR count). The lowest BCUT2D eigenvalue weighted by atomic mass is 9.77. The maximum absolute atomic E-state index is 13.4. The summed E-state index contributed by atoms with van der Waals surface area (Å²) in [7, 11) is 0. The van der Waals surface area contributed by atoms with Crippen molar-refractivity contribution in [3.63, 3.8) is 0 Å². The Morgan fingerprint density at radius 3 is 2.67 bits per heavy atom. The highest BCUT2D eigenvalue weighted by molar-refractivity contribution is 7.99. The first-order chi connectivity index (χ1) is 11.4. The third-order valence-corrected chi connectivity index (χ3v) is 6.59. The molecule has 3 fully saturated rings. The van der Waals surface area contributed by atoms with Gasteiger partial charge < -0.3 is 5.32 Å². The molecule has 5 atom stereocenters. The molecule has 1 saturated carbocycles. The quantitative estimate of drug-likeness (QED) is 0.715. The number of hydrogen-bond donors (Lipinski definition) is 3. The van der Waals surface area contributed by atoms with Gasteiger partial charge >= 0.3 is 6.18 Å². The van der Waals surface area contributed by atoms with Gasteiger partial charge in [0, 0.05) is 24.3 Å². The Kier molecular flexibility index (Phi) is 5.98. The zero-order chi connectivity index (χ0) is 17.2. The summed E-state index contributed by atoms with van der Waals surface area (Å²) in [5, 5.41) is 8.96. The second-order valence-electron chi connectivity index (χ2n) is 7.10. The fourth-order valence-corrected chi connectivity index (χ4v) is 5.36. The number of carbonyl (C=O) groups is 1. The van der Waals surface area contributed by atoms with Gasteiger partial charge in [-0.3, -0.25) is 15.4 Å². The molecule has 138 valence electrons. The van der Waals surface area contributed by atoms with Crippen molar-refractivity contribution in [1.29, 1.82) is 0 Å². The van der Waals surface area contributed by atoms with Gasteiger partial charge in [-0.25, -0.2) is 0 Å². The zero-order valence-corrected chi connectivity index (χ0v) is 14.5. The second kappa shape index (κ2) is 7.83. The highest BCUT2D eigenvalue weighted by atomic mass is 32.2. The monoisotopic (exact) mass is 365 g/mol. The molecule has 3 N–H and O–H groups in total. The largest absolute Gasteiger partial charge is 0.404 e. The van der Waals surface area contributed by atoms with Crippen LogP contribution in [0.25, 0.3) is 0 Å². The Morgan fingerprint density at radius 1 is 1.17 bits per heavy atom. The maximum atomic E-state index is 13.4. The van der Waals surface area contributed by atoms with Crippen LogP contribution in [0.3, 0.4) is 0 Å². The van der Waals surface area contributed by atoms with Gasteiger partial charge in [-0.1, -0.05) is 12.8 Å².